The Balaban J connectivity index is 2.00. The zero-order chi connectivity index (χ0) is 15.3. The van der Waals surface area contributed by atoms with Gasteiger partial charge in [-0.15, -0.1) is 6.58 Å². The number of hydrogen-bond acceptors (Lipinski definition) is 2. The number of rotatable bonds is 11. The van der Waals surface area contributed by atoms with Crippen molar-refractivity contribution in [3.8, 4) is 5.75 Å². The molecule has 21 heavy (non-hydrogen) atoms. The van der Waals surface area contributed by atoms with Crippen molar-refractivity contribution in [1.29, 1.82) is 0 Å². The quantitative estimate of drug-likeness (QED) is 0.374. The molecule has 1 heterocycles. The average Bonchev–Trinajstić information content (AvgIpc) is 2.48. The van der Waals surface area contributed by atoms with Crippen molar-refractivity contribution in [1.82, 2.24) is 5.32 Å². The number of pyridine rings is 1. The molecular weight excluding hydrogens is 264 g/mol. The van der Waals surface area contributed by atoms with E-state index < -0.39 is 0 Å². The van der Waals surface area contributed by atoms with Gasteiger partial charge in [-0.1, -0.05) is 31.8 Å². The largest absolute Gasteiger partial charge is 0.503 e. The molecule has 0 radical (unpaired) electrons. The Morgan fingerprint density at radius 1 is 1.24 bits per heavy atom. The summed E-state index contributed by atoms with van der Waals surface area (Å²) in [5.41, 5.74) is 0. The fraction of sp³-hybridized carbons (Fsp3) is 0.529. The fourth-order valence-corrected chi connectivity index (χ4v) is 2.16. The summed E-state index contributed by atoms with van der Waals surface area (Å²) in [5, 5.41) is 12.2. The zero-order valence-electron chi connectivity index (χ0n) is 12.8. The molecular formula is C17H27N2O2+. The topological polar surface area (TPSA) is 53.2 Å². The molecule has 4 heteroatoms. The minimum atomic E-state index is 0.0671. The van der Waals surface area contributed by atoms with Crippen LogP contribution in [0.1, 0.15) is 51.4 Å². The molecule has 4 nitrogen and oxygen atoms in total. The number of unbranched alkanes of at least 4 members (excludes halogenated alkanes) is 6. The van der Waals surface area contributed by atoms with E-state index in [1.54, 1.807) is 22.9 Å². The highest BCUT2D eigenvalue weighted by Crippen LogP contribution is 2.08. The van der Waals surface area contributed by atoms with Crippen LogP contribution in [-0.2, 0) is 11.5 Å². The van der Waals surface area contributed by atoms with Gasteiger partial charge in [-0.3, -0.25) is 4.79 Å². The molecule has 0 unspecified atom stereocenters. The van der Waals surface area contributed by atoms with Gasteiger partial charge in [0.2, 0.25) is 18.8 Å². The number of nitrogens with zero attached hydrogens (tertiary/aromatic N) is 1. The van der Waals surface area contributed by atoms with Crippen LogP contribution in [0.2, 0.25) is 0 Å². The molecule has 0 spiro atoms. The van der Waals surface area contributed by atoms with Crippen LogP contribution in [0.25, 0.3) is 0 Å². The van der Waals surface area contributed by atoms with Crippen molar-refractivity contribution in [2.24, 2.45) is 0 Å². The Morgan fingerprint density at radius 2 is 1.95 bits per heavy atom. The van der Waals surface area contributed by atoms with Crippen molar-refractivity contribution in [3.63, 3.8) is 0 Å². The van der Waals surface area contributed by atoms with E-state index in [2.05, 4.69) is 11.9 Å². The smallest absolute Gasteiger partial charge is 0.224 e. The summed E-state index contributed by atoms with van der Waals surface area (Å²) in [6.07, 6.45) is 14.0. The lowest BCUT2D eigenvalue weighted by Gasteiger charge is -2.03. The highest BCUT2D eigenvalue weighted by Gasteiger charge is 2.05. The van der Waals surface area contributed by atoms with Gasteiger partial charge in [0, 0.05) is 12.5 Å². The van der Waals surface area contributed by atoms with Gasteiger partial charge in [-0.05, 0) is 25.3 Å². The monoisotopic (exact) mass is 291 g/mol. The summed E-state index contributed by atoms with van der Waals surface area (Å²) in [7, 11) is 0. The molecule has 2 N–H and O–H groups in total. The summed E-state index contributed by atoms with van der Waals surface area (Å²) in [5.74, 6) is 0.265. The molecule has 1 rings (SSSR count). The first-order valence-corrected chi connectivity index (χ1v) is 7.78. The number of amides is 1. The third-order valence-corrected chi connectivity index (χ3v) is 3.36. The molecule has 0 aromatic carbocycles. The van der Waals surface area contributed by atoms with Crippen molar-refractivity contribution < 1.29 is 14.5 Å². The van der Waals surface area contributed by atoms with Gasteiger partial charge in [0.15, 0.2) is 11.9 Å². The van der Waals surface area contributed by atoms with E-state index in [1.807, 2.05) is 12.3 Å². The molecule has 0 saturated carbocycles. The van der Waals surface area contributed by atoms with Crippen molar-refractivity contribution in [2.45, 2.75) is 58.0 Å². The van der Waals surface area contributed by atoms with Gasteiger partial charge < -0.3 is 10.4 Å². The van der Waals surface area contributed by atoms with Gasteiger partial charge >= 0.3 is 0 Å². The third kappa shape index (κ3) is 8.84. The van der Waals surface area contributed by atoms with Crippen LogP contribution in [0.3, 0.4) is 0 Å². The van der Waals surface area contributed by atoms with Gasteiger partial charge in [-0.25, -0.2) is 0 Å². The third-order valence-electron chi connectivity index (χ3n) is 3.36. The maximum atomic E-state index is 11.7. The number of allylic oxidation sites excluding steroid dienone is 1. The second kappa shape index (κ2) is 10.9. The predicted octanol–water partition coefficient (Wildman–Crippen LogP) is 3.06. The molecule has 1 amide bonds. The summed E-state index contributed by atoms with van der Waals surface area (Å²) in [4.78, 5) is 11.7. The molecule has 1 aromatic heterocycles. The Kier molecular flexibility index (Phi) is 8.93. The first kappa shape index (κ1) is 17.2. The number of carbonyl (C=O) groups excluding carboxylic acids is 1. The van der Waals surface area contributed by atoms with Crippen LogP contribution in [0.15, 0.2) is 37.2 Å². The minimum absolute atomic E-state index is 0.0671. The Labute approximate surface area is 127 Å². The van der Waals surface area contributed by atoms with Crippen LogP contribution in [0.4, 0.5) is 0 Å². The SMILES string of the molecule is C=CCCCCCCCCC(=O)NC[n+]1cccc(O)c1. The molecule has 0 fully saturated rings. The van der Waals surface area contributed by atoms with E-state index in [-0.39, 0.29) is 11.7 Å². The summed E-state index contributed by atoms with van der Waals surface area (Å²) in [6.45, 7) is 4.11. The molecule has 1 aromatic rings. The maximum Gasteiger partial charge on any atom is 0.224 e. The lowest BCUT2D eigenvalue weighted by molar-refractivity contribution is -0.700. The first-order valence-electron chi connectivity index (χ1n) is 7.78. The Hall–Kier alpha value is -1.84. The Bertz CT molecular complexity index is 433. The van der Waals surface area contributed by atoms with E-state index >= 15 is 0 Å². The lowest BCUT2D eigenvalue weighted by atomic mass is 10.1. The van der Waals surface area contributed by atoms with Gasteiger partial charge in [0.05, 0.1) is 0 Å². The highest BCUT2D eigenvalue weighted by atomic mass is 16.3. The van der Waals surface area contributed by atoms with Gasteiger partial charge in [0.1, 0.15) is 0 Å². The number of carbonyl (C=O) groups is 1. The number of nitrogens with one attached hydrogen (secondary N) is 1. The van der Waals surface area contributed by atoms with Gasteiger partial charge in [-0.2, -0.15) is 4.57 Å². The number of hydrogen-bond donors (Lipinski definition) is 2. The fourth-order valence-electron chi connectivity index (χ4n) is 2.16. The van der Waals surface area contributed by atoms with Crippen LogP contribution in [-0.4, -0.2) is 11.0 Å². The van der Waals surface area contributed by atoms with E-state index in [0.717, 1.165) is 19.3 Å². The lowest BCUT2D eigenvalue weighted by Crippen LogP contribution is -2.42. The highest BCUT2D eigenvalue weighted by molar-refractivity contribution is 5.75. The van der Waals surface area contributed by atoms with Crippen LogP contribution < -0.4 is 9.88 Å². The van der Waals surface area contributed by atoms with Crippen molar-refractivity contribution >= 4 is 5.91 Å². The summed E-state index contributed by atoms with van der Waals surface area (Å²) in [6, 6.07) is 3.35. The van der Waals surface area contributed by atoms with E-state index in [9.17, 15) is 9.90 Å². The van der Waals surface area contributed by atoms with E-state index in [1.165, 1.54) is 25.7 Å². The average molecular weight is 291 g/mol. The molecule has 0 bridgehead atoms. The van der Waals surface area contributed by atoms with Crippen LogP contribution >= 0.6 is 0 Å². The van der Waals surface area contributed by atoms with Crippen LogP contribution in [0.5, 0.6) is 5.75 Å². The summed E-state index contributed by atoms with van der Waals surface area (Å²) < 4.78 is 1.74. The van der Waals surface area contributed by atoms with Gasteiger partial charge in [0.25, 0.3) is 0 Å². The second-order valence-corrected chi connectivity index (χ2v) is 5.28. The molecule has 0 aliphatic carbocycles. The maximum absolute atomic E-state index is 11.7. The summed E-state index contributed by atoms with van der Waals surface area (Å²) >= 11 is 0. The number of aromatic nitrogens is 1. The zero-order valence-corrected chi connectivity index (χ0v) is 12.8. The Morgan fingerprint density at radius 3 is 2.67 bits per heavy atom. The van der Waals surface area contributed by atoms with Crippen molar-refractivity contribution in [2.75, 3.05) is 0 Å². The number of aromatic hydroxyl groups is 1. The molecule has 116 valence electrons. The first-order chi connectivity index (χ1) is 10.2. The van der Waals surface area contributed by atoms with Crippen LogP contribution in [0, 0.1) is 0 Å². The molecule has 0 aliphatic rings. The second-order valence-electron chi connectivity index (χ2n) is 5.28. The minimum Gasteiger partial charge on any atom is -0.503 e. The normalized spacial score (nSPS) is 10.3. The molecule has 0 aliphatic heterocycles. The van der Waals surface area contributed by atoms with E-state index in [4.69, 9.17) is 0 Å². The standard InChI is InChI=1S/C17H26N2O2/c1-2-3-4-5-6-7-8-9-12-17(21)18-15-19-13-10-11-16(20)14-19/h2,10-11,13-14H,1,3-9,12,15H2,(H-,18,20,21)/p+1. The molecule has 0 atom stereocenters. The van der Waals surface area contributed by atoms with Crippen molar-refractivity contribution in [3.05, 3.63) is 37.2 Å². The molecule has 0 saturated heterocycles. The van der Waals surface area contributed by atoms with E-state index in [0.29, 0.717) is 13.1 Å². The predicted molar refractivity (Wildman–Crippen MR) is 83.6 cm³/mol.